The molecule has 0 amide bonds. The largest absolute Gasteiger partial charge is 0.381 e. The van der Waals surface area contributed by atoms with Crippen molar-refractivity contribution in [3.8, 4) is 0 Å². The molecule has 1 aliphatic heterocycles. The summed E-state index contributed by atoms with van der Waals surface area (Å²) in [6, 6.07) is 0.507. The third-order valence-corrected chi connectivity index (χ3v) is 3.53. The third kappa shape index (κ3) is 2.44. The molecule has 1 unspecified atom stereocenters. The number of nitrogens with zero attached hydrogens (tertiary/aromatic N) is 2. The van der Waals surface area contributed by atoms with Gasteiger partial charge in [0.25, 0.3) is 0 Å². The Morgan fingerprint density at radius 3 is 3.00 bits per heavy atom. The van der Waals surface area contributed by atoms with Crippen LogP contribution in [0.15, 0.2) is 12.5 Å². The maximum atomic E-state index is 5.61. The SMILES string of the molecule is CC(C1CCOCC1)n1cncc1CCN. The van der Waals surface area contributed by atoms with Gasteiger partial charge in [-0.05, 0) is 32.2 Å². The average Bonchev–Trinajstić information content (AvgIpc) is 2.78. The second-order valence-electron chi connectivity index (χ2n) is 4.52. The minimum atomic E-state index is 0.507. The van der Waals surface area contributed by atoms with Crippen LogP contribution in [-0.4, -0.2) is 29.3 Å². The van der Waals surface area contributed by atoms with Gasteiger partial charge in [0.15, 0.2) is 0 Å². The van der Waals surface area contributed by atoms with Crippen LogP contribution in [0.25, 0.3) is 0 Å². The molecule has 0 radical (unpaired) electrons. The summed E-state index contributed by atoms with van der Waals surface area (Å²) in [5, 5.41) is 0. The topological polar surface area (TPSA) is 53.1 Å². The molecule has 1 aliphatic rings. The van der Waals surface area contributed by atoms with Gasteiger partial charge in [-0.1, -0.05) is 0 Å². The zero-order chi connectivity index (χ0) is 11.4. The zero-order valence-electron chi connectivity index (χ0n) is 9.93. The lowest BCUT2D eigenvalue weighted by molar-refractivity contribution is 0.0510. The summed E-state index contributed by atoms with van der Waals surface area (Å²) in [6.07, 6.45) is 7.09. The highest BCUT2D eigenvalue weighted by Gasteiger charge is 2.22. The fourth-order valence-corrected chi connectivity index (χ4v) is 2.47. The number of nitrogens with two attached hydrogens (primary N) is 1. The predicted octanol–water partition coefficient (Wildman–Crippen LogP) is 1.37. The van der Waals surface area contributed by atoms with Gasteiger partial charge in [-0.25, -0.2) is 4.98 Å². The highest BCUT2D eigenvalue weighted by molar-refractivity contribution is 5.01. The molecule has 1 aromatic heterocycles. The molecule has 4 nitrogen and oxygen atoms in total. The molecule has 2 heterocycles. The number of hydrogen-bond acceptors (Lipinski definition) is 3. The fraction of sp³-hybridized carbons (Fsp3) is 0.750. The lowest BCUT2D eigenvalue weighted by atomic mass is 9.92. The maximum Gasteiger partial charge on any atom is 0.0950 e. The van der Waals surface area contributed by atoms with Gasteiger partial charge < -0.3 is 15.0 Å². The van der Waals surface area contributed by atoms with Gasteiger partial charge in [0.05, 0.1) is 6.33 Å². The van der Waals surface area contributed by atoms with Crippen molar-refractivity contribution < 1.29 is 4.74 Å². The standard InChI is InChI=1S/C12H21N3O/c1-10(11-3-6-16-7-4-11)15-9-14-8-12(15)2-5-13/h8-11H,2-7,13H2,1H3. The van der Waals surface area contributed by atoms with Crippen LogP contribution in [0.2, 0.25) is 0 Å². The van der Waals surface area contributed by atoms with Crippen LogP contribution >= 0.6 is 0 Å². The number of aromatic nitrogens is 2. The van der Waals surface area contributed by atoms with E-state index in [0.717, 1.165) is 32.5 Å². The van der Waals surface area contributed by atoms with Gasteiger partial charge in [-0.3, -0.25) is 0 Å². The first-order valence-electron chi connectivity index (χ1n) is 6.11. The summed E-state index contributed by atoms with van der Waals surface area (Å²) in [4.78, 5) is 4.23. The molecule has 1 fully saturated rings. The van der Waals surface area contributed by atoms with Crippen molar-refractivity contribution in [2.45, 2.75) is 32.2 Å². The van der Waals surface area contributed by atoms with E-state index < -0.39 is 0 Å². The molecular formula is C12H21N3O. The summed E-state index contributed by atoms with van der Waals surface area (Å²) in [6.45, 7) is 4.76. The summed E-state index contributed by atoms with van der Waals surface area (Å²) in [5.41, 5.74) is 6.86. The summed E-state index contributed by atoms with van der Waals surface area (Å²) in [7, 11) is 0. The van der Waals surface area contributed by atoms with Crippen molar-refractivity contribution in [1.29, 1.82) is 0 Å². The minimum absolute atomic E-state index is 0.507. The number of hydrogen-bond donors (Lipinski definition) is 1. The molecule has 1 saturated heterocycles. The van der Waals surface area contributed by atoms with Gasteiger partial charge in [-0.15, -0.1) is 0 Å². The molecule has 0 spiro atoms. The fourth-order valence-electron chi connectivity index (χ4n) is 2.47. The number of imidazole rings is 1. The molecular weight excluding hydrogens is 202 g/mol. The smallest absolute Gasteiger partial charge is 0.0950 e. The molecule has 1 aromatic rings. The van der Waals surface area contributed by atoms with Crippen molar-refractivity contribution in [1.82, 2.24) is 9.55 Å². The van der Waals surface area contributed by atoms with E-state index in [9.17, 15) is 0 Å². The molecule has 0 aliphatic carbocycles. The molecule has 0 bridgehead atoms. The summed E-state index contributed by atoms with van der Waals surface area (Å²) in [5.74, 6) is 0.708. The first kappa shape index (κ1) is 11.6. The zero-order valence-corrected chi connectivity index (χ0v) is 9.93. The first-order valence-corrected chi connectivity index (χ1v) is 6.11. The molecule has 2 N–H and O–H groups in total. The van der Waals surface area contributed by atoms with Crippen LogP contribution < -0.4 is 5.73 Å². The van der Waals surface area contributed by atoms with Crippen molar-refractivity contribution in [3.05, 3.63) is 18.2 Å². The van der Waals surface area contributed by atoms with Crippen molar-refractivity contribution in [3.63, 3.8) is 0 Å². The molecule has 0 saturated carbocycles. The third-order valence-electron chi connectivity index (χ3n) is 3.53. The Kier molecular flexibility index (Phi) is 3.96. The van der Waals surface area contributed by atoms with E-state index >= 15 is 0 Å². The van der Waals surface area contributed by atoms with E-state index in [1.165, 1.54) is 5.69 Å². The highest BCUT2D eigenvalue weighted by atomic mass is 16.5. The van der Waals surface area contributed by atoms with Crippen molar-refractivity contribution in [2.24, 2.45) is 11.7 Å². The van der Waals surface area contributed by atoms with Gasteiger partial charge in [0.1, 0.15) is 0 Å². The number of rotatable bonds is 4. The van der Waals surface area contributed by atoms with Crippen LogP contribution in [0.5, 0.6) is 0 Å². The molecule has 0 aromatic carbocycles. The van der Waals surface area contributed by atoms with Crippen molar-refractivity contribution >= 4 is 0 Å². The molecule has 16 heavy (non-hydrogen) atoms. The monoisotopic (exact) mass is 223 g/mol. The first-order chi connectivity index (χ1) is 7.83. The van der Waals surface area contributed by atoms with Gasteiger partial charge in [-0.2, -0.15) is 0 Å². The van der Waals surface area contributed by atoms with E-state index in [1.807, 2.05) is 12.5 Å². The lowest BCUT2D eigenvalue weighted by Crippen LogP contribution is -2.25. The van der Waals surface area contributed by atoms with E-state index in [-0.39, 0.29) is 0 Å². The van der Waals surface area contributed by atoms with Gasteiger partial charge in [0, 0.05) is 37.6 Å². The van der Waals surface area contributed by atoms with Crippen LogP contribution in [0.1, 0.15) is 31.5 Å². The molecule has 1 atom stereocenters. The Bertz CT molecular complexity index is 318. The van der Waals surface area contributed by atoms with E-state index in [0.29, 0.717) is 18.5 Å². The molecule has 90 valence electrons. The van der Waals surface area contributed by atoms with E-state index in [2.05, 4.69) is 16.5 Å². The van der Waals surface area contributed by atoms with E-state index in [4.69, 9.17) is 10.5 Å². The van der Waals surface area contributed by atoms with Crippen LogP contribution in [-0.2, 0) is 11.2 Å². The van der Waals surface area contributed by atoms with Crippen LogP contribution in [0.4, 0.5) is 0 Å². The predicted molar refractivity (Wildman–Crippen MR) is 63.2 cm³/mol. The highest BCUT2D eigenvalue weighted by Crippen LogP contribution is 2.28. The van der Waals surface area contributed by atoms with Crippen molar-refractivity contribution in [2.75, 3.05) is 19.8 Å². The normalized spacial score (nSPS) is 19.9. The Balaban J connectivity index is 2.06. The van der Waals surface area contributed by atoms with Crippen LogP contribution in [0.3, 0.4) is 0 Å². The Hall–Kier alpha value is -0.870. The second kappa shape index (κ2) is 5.46. The minimum Gasteiger partial charge on any atom is -0.381 e. The molecule has 4 heteroatoms. The number of ether oxygens (including phenoxy) is 1. The van der Waals surface area contributed by atoms with Gasteiger partial charge >= 0.3 is 0 Å². The van der Waals surface area contributed by atoms with Gasteiger partial charge in [0.2, 0.25) is 0 Å². The molecule has 2 rings (SSSR count). The van der Waals surface area contributed by atoms with Crippen LogP contribution in [0, 0.1) is 5.92 Å². The maximum absolute atomic E-state index is 5.61. The lowest BCUT2D eigenvalue weighted by Gasteiger charge is -2.29. The Morgan fingerprint density at radius 1 is 1.56 bits per heavy atom. The second-order valence-corrected chi connectivity index (χ2v) is 4.52. The summed E-state index contributed by atoms with van der Waals surface area (Å²) < 4.78 is 7.68. The quantitative estimate of drug-likeness (QED) is 0.838. The Morgan fingerprint density at radius 2 is 2.31 bits per heavy atom. The summed E-state index contributed by atoms with van der Waals surface area (Å²) >= 11 is 0. The van der Waals surface area contributed by atoms with E-state index in [1.54, 1.807) is 0 Å². The Labute approximate surface area is 96.8 Å². The average molecular weight is 223 g/mol.